The highest BCUT2D eigenvalue weighted by Gasteiger charge is 2.45. The van der Waals surface area contributed by atoms with Crippen LogP contribution in [0.1, 0.15) is 23.1 Å². The van der Waals surface area contributed by atoms with E-state index in [0.29, 0.717) is 16.9 Å². The van der Waals surface area contributed by atoms with Crippen molar-refractivity contribution in [2.75, 3.05) is 27.3 Å². The Balaban J connectivity index is 1.69. The van der Waals surface area contributed by atoms with Gasteiger partial charge in [0.15, 0.2) is 11.7 Å². The first-order valence-electron chi connectivity index (χ1n) is 11.3. The molecule has 0 aliphatic carbocycles. The van der Waals surface area contributed by atoms with Crippen molar-refractivity contribution in [2.45, 2.75) is 19.9 Å². The van der Waals surface area contributed by atoms with Gasteiger partial charge in [0.25, 0.3) is 0 Å². The van der Waals surface area contributed by atoms with E-state index in [0.717, 1.165) is 23.1 Å². The summed E-state index contributed by atoms with van der Waals surface area (Å²) in [6.07, 6.45) is 5.24. The molecule has 1 aliphatic rings. The maximum atomic E-state index is 13.2. The smallest absolute Gasteiger partial charge is 0.326 e. The maximum absolute atomic E-state index is 13.2. The van der Waals surface area contributed by atoms with E-state index in [-0.39, 0.29) is 31.3 Å². The van der Waals surface area contributed by atoms with E-state index >= 15 is 0 Å². The predicted octanol–water partition coefficient (Wildman–Crippen LogP) is 3.15. The maximum Gasteiger partial charge on any atom is 0.326 e. The van der Waals surface area contributed by atoms with Crippen LogP contribution in [0.4, 0.5) is 5.69 Å². The highest BCUT2D eigenvalue weighted by Crippen LogP contribution is 2.30. The average Bonchev–Trinajstić information content (AvgIpc) is 3.36. The Labute approximate surface area is 203 Å². The number of carbonyl (C=O) groups excluding carboxylic acids is 2. The summed E-state index contributed by atoms with van der Waals surface area (Å²) < 4.78 is 11.1. The molecule has 1 fully saturated rings. The van der Waals surface area contributed by atoms with E-state index in [1.165, 1.54) is 0 Å². The number of rotatable bonds is 8. The number of nitrogens with zero attached hydrogens (tertiary/aromatic N) is 3. The first kappa shape index (κ1) is 24.3. The summed E-state index contributed by atoms with van der Waals surface area (Å²) >= 11 is 0. The SMILES string of the molecule is Cc1cc(CN(C)C)ccc1N=C1O/C(=C\c2c[nH]c3ncccc23)C(=O)C1C(=O)OCCCO. The Morgan fingerprint density at radius 2 is 2.17 bits per heavy atom. The Bertz CT molecular complexity index is 1310. The number of hydrogen-bond donors (Lipinski definition) is 2. The van der Waals surface area contributed by atoms with Gasteiger partial charge in [-0.25, -0.2) is 9.98 Å². The van der Waals surface area contributed by atoms with Gasteiger partial charge in [-0.1, -0.05) is 12.1 Å². The molecule has 182 valence electrons. The number of aliphatic imine (C=N–C) groups is 1. The Morgan fingerprint density at radius 1 is 1.34 bits per heavy atom. The number of carbonyl (C=O) groups is 2. The number of hydrogen-bond acceptors (Lipinski definition) is 8. The number of fused-ring (bicyclic) bond motifs is 1. The van der Waals surface area contributed by atoms with E-state index in [1.807, 2.05) is 45.3 Å². The number of ketones is 1. The summed E-state index contributed by atoms with van der Waals surface area (Å²) in [6, 6.07) is 9.48. The van der Waals surface area contributed by atoms with Crippen molar-refractivity contribution >= 4 is 40.4 Å². The number of nitrogens with one attached hydrogen (secondary N) is 1. The number of esters is 1. The molecule has 1 aliphatic heterocycles. The van der Waals surface area contributed by atoms with Crippen molar-refractivity contribution in [1.82, 2.24) is 14.9 Å². The number of allylic oxidation sites excluding steroid dienone is 1. The second-order valence-corrected chi connectivity index (χ2v) is 8.60. The monoisotopic (exact) mass is 476 g/mol. The van der Waals surface area contributed by atoms with Gasteiger partial charge in [0.1, 0.15) is 5.65 Å². The van der Waals surface area contributed by atoms with Crippen molar-refractivity contribution in [3.63, 3.8) is 0 Å². The van der Waals surface area contributed by atoms with E-state index in [1.54, 1.807) is 24.5 Å². The minimum Gasteiger partial charge on any atom is -0.465 e. The fourth-order valence-corrected chi connectivity index (χ4v) is 3.86. The Kier molecular flexibility index (Phi) is 7.38. The van der Waals surface area contributed by atoms with Crippen molar-refractivity contribution in [3.8, 4) is 0 Å². The molecular weight excluding hydrogens is 448 g/mol. The largest absolute Gasteiger partial charge is 0.465 e. The molecule has 1 aromatic carbocycles. The number of Topliss-reactive ketones (excluding diaryl/α,β-unsaturated/α-hetero) is 1. The number of H-pyrrole nitrogens is 1. The lowest BCUT2D eigenvalue weighted by Crippen LogP contribution is -2.28. The highest BCUT2D eigenvalue weighted by atomic mass is 16.5. The zero-order chi connectivity index (χ0) is 24.9. The van der Waals surface area contributed by atoms with Crippen molar-refractivity contribution < 1.29 is 24.2 Å². The lowest BCUT2D eigenvalue weighted by molar-refractivity contribution is -0.148. The number of ether oxygens (including phenoxy) is 2. The Morgan fingerprint density at radius 3 is 2.91 bits per heavy atom. The van der Waals surface area contributed by atoms with Gasteiger partial charge in [-0.05, 0) is 56.4 Å². The molecule has 0 bridgehead atoms. The van der Waals surface area contributed by atoms with E-state index in [2.05, 4.69) is 19.9 Å². The van der Waals surface area contributed by atoms with Gasteiger partial charge in [-0.15, -0.1) is 0 Å². The first-order valence-corrected chi connectivity index (χ1v) is 11.3. The van der Waals surface area contributed by atoms with Crippen LogP contribution in [0.5, 0.6) is 0 Å². The third-order valence-electron chi connectivity index (χ3n) is 5.51. The second-order valence-electron chi connectivity index (χ2n) is 8.60. The van der Waals surface area contributed by atoms with E-state index in [9.17, 15) is 9.59 Å². The quantitative estimate of drug-likeness (QED) is 0.222. The van der Waals surface area contributed by atoms with Gasteiger partial charge in [0.05, 0.1) is 12.3 Å². The van der Waals surface area contributed by atoms with E-state index in [4.69, 9.17) is 14.6 Å². The summed E-state index contributed by atoms with van der Waals surface area (Å²) in [6.45, 7) is 2.57. The summed E-state index contributed by atoms with van der Waals surface area (Å²) in [5.74, 6) is -2.63. The first-order chi connectivity index (χ1) is 16.9. The molecule has 9 nitrogen and oxygen atoms in total. The molecule has 3 heterocycles. The minimum absolute atomic E-state index is 0.000470. The number of aliphatic hydroxyl groups is 1. The fraction of sp³-hybridized carbons (Fsp3) is 0.308. The zero-order valence-electron chi connectivity index (χ0n) is 19.9. The van der Waals surface area contributed by atoms with Gasteiger partial charge in [0, 0.05) is 42.9 Å². The molecule has 0 saturated carbocycles. The predicted molar refractivity (Wildman–Crippen MR) is 132 cm³/mol. The van der Waals surface area contributed by atoms with Gasteiger partial charge in [-0.2, -0.15) is 0 Å². The summed E-state index contributed by atoms with van der Waals surface area (Å²) in [4.78, 5) is 40.0. The lowest BCUT2D eigenvalue weighted by Gasteiger charge is -2.12. The van der Waals surface area contributed by atoms with Gasteiger partial charge in [0.2, 0.25) is 11.7 Å². The number of benzene rings is 1. The van der Waals surface area contributed by atoms with Crippen LogP contribution in [-0.4, -0.2) is 64.9 Å². The zero-order valence-corrected chi connectivity index (χ0v) is 19.9. The summed E-state index contributed by atoms with van der Waals surface area (Å²) in [5, 5.41) is 9.81. The van der Waals surface area contributed by atoms with Gasteiger partial charge < -0.3 is 24.5 Å². The molecule has 4 rings (SSSR count). The number of aromatic nitrogens is 2. The number of aliphatic hydroxyl groups excluding tert-OH is 1. The van der Waals surface area contributed by atoms with Gasteiger partial charge in [-0.3, -0.25) is 9.59 Å². The fourth-order valence-electron chi connectivity index (χ4n) is 3.86. The van der Waals surface area contributed by atoms with Crippen LogP contribution in [0.2, 0.25) is 0 Å². The molecule has 35 heavy (non-hydrogen) atoms. The standard InChI is InChI=1S/C26H28N4O5/c1-16-12-17(15-30(2)3)7-8-20(16)29-25-22(26(33)34-11-5-10-31)23(32)21(35-25)13-18-14-28-24-19(18)6-4-9-27-24/h4,6-9,12-14,22,31H,5,10-11,15H2,1-3H3,(H,27,28)/b21-13-,29-25?. The second kappa shape index (κ2) is 10.6. The average molecular weight is 477 g/mol. The molecular formula is C26H28N4O5. The number of pyridine rings is 1. The molecule has 1 unspecified atom stereocenters. The summed E-state index contributed by atoms with van der Waals surface area (Å²) in [7, 11) is 3.98. The van der Waals surface area contributed by atoms with Crippen molar-refractivity contribution in [2.24, 2.45) is 10.9 Å². The van der Waals surface area contributed by atoms with Crippen molar-refractivity contribution in [1.29, 1.82) is 0 Å². The number of aryl methyl sites for hydroxylation is 1. The van der Waals surface area contributed by atoms with Crippen molar-refractivity contribution in [3.05, 3.63) is 65.2 Å². The molecule has 0 radical (unpaired) electrons. The lowest BCUT2D eigenvalue weighted by atomic mass is 10.0. The van der Waals surface area contributed by atoms with Gasteiger partial charge >= 0.3 is 5.97 Å². The van der Waals surface area contributed by atoms with Crippen LogP contribution in [0, 0.1) is 12.8 Å². The van der Waals surface area contributed by atoms with Crippen LogP contribution in [0.3, 0.4) is 0 Å². The molecule has 2 N–H and O–H groups in total. The van der Waals surface area contributed by atoms with Crippen LogP contribution < -0.4 is 0 Å². The molecule has 3 aromatic rings. The number of aromatic amines is 1. The van der Waals surface area contributed by atoms with Crippen LogP contribution >= 0.6 is 0 Å². The summed E-state index contributed by atoms with van der Waals surface area (Å²) in [5.41, 5.74) is 3.98. The Hall–Kier alpha value is -3.82. The third-order valence-corrected chi connectivity index (χ3v) is 5.51. The molecule has 0 amide bonds. The van der Waals surface area contributed by atoms with E-state index < -0.39 is 17.7 Å². The van der Waals surface area contributed by atoms with Crippen LogP contribution in [0.25, 0.3) is 17.1 Å². The normalized spacial score (nSPS) is 18.1. The highest BCUT2D eigenvalue weighted by molar-refractivity contribution is 6.27. The topological polar surface area (TPSA) is 117 Å². The van der Waals surface area contributed by atoms with Crippen LogP contribution in [-0.2, 0) is 25.6 Å². The molecule has 1 atom stereocenters. The van der Waals surface area contributed by atoms with Crippen LogP contribution in [0.15, 0.2) is 53.5 Å². The third kappa shape index (κ3) is 5.47. The molecule has 2 aromatic heterocycles. The molecule has 9 heteroatoms. The molecule has 1 saturated heterocycles. The minimum atomic E-state index is -1.32. The molecule has 0 spiro atoms.